The van der Waals surface area contributed by atoms with Gasteiger partial charge in [-0.3, -0.25) is 4.79 Å². The van der Waals surface area contributed by atoms with Gasteiger partial charge < -0.3 is 16.2 Å². The molecular weight excluding hydrogens is 264 g/mol. The number of hydrogen-bond donors (Lipinski definition) is 3. The van der Waals surface area contributed by atoms with E-state index in [1.807, 2.05) is 38.1 Å². The lowest BCUT2D eigenvalue weighted by atomic mass is 10.0. The average Bonchev–Trinajstić information content (AvgIpc) is 2.65. The second kappa shape index (κ2) is 6.37. The Morgan fingerprint density at radius 1 is 1.42 bits per heavy atom. The van der Waals surface area contributed by atoms with Crippen LogP contribution < -0.4 is 11.1 Å². The first-order chi connectivity index (χ1) is 8.50. The van der Waals surface area contributed by atoms with Crippen molar-refractivity contribution in [3.05, 3.63) is 35.4 Å². The smallest absolute Gasteiger partial charge is 0.237 e. The predicted octanol–water partition coefficient (Wildman–Crippen LogP) is 1.17. The van der Waals surface area contributed by atoms with Crippen LogP contribution in [0.5, 0.6) is 0 Å². The number of halogens is 1. The summed E-state index contributed by atoms with van der Waals surface area (Å²) in [4.78, 5) is 11.9. The maximum absolute atomic E-state index is 11.9. The molecule has 0 aromatic heterocycles. The summed E-state index contributed by atoms with van der Waals surface area (Å²) in [6.07, 6.45) is 0.0172. The second-order valence-corrected chi connectivity index (χ2v) is 5.23. The number of benzene rings is 1. The summed E-state index contributed by atoms with van der Waals surface area (Å²) in [7, 11) is 0. The van der Waals surface area contributed by atoms with Gasteiger partial charge in [0.2, 0.25) is 5.91 Å². The highest BCUT2D eigenvalue weighted by molar-refractivity contribution is 5.85. The fraction of sp³-hybridized carbons (Fsp3) is 0.500. The summed E-state index contributed by atoms with van der Waals surface area (Å²) in [6.45, 7) is 3.81. The van der Waals surface area contributed by atoms with E-state index in [-0.39, 0.29) is 30.3 Å². The van der Waals surface area contributed by atoms with E-state index >= 15 is 0 Å². The lowest BCUT2D eigenvalue weighted by molar-refractivity contribution is -0.124. The summed E-state index contributed by atoms with van der Waals surface area (Å²) in [5.41, 5.74) is 7.90. The van der Waals surface area contributed by atoms with Crippen molar-refractivity contribution in [1.29, 1.82) is 0 Å². The number of nitrogens with two attached hydrogens (primary N) is 1. The van der Waals surface area contributed by atoms with Crippen molar-refractivity contribution in [3.63, 3.8) is 0 Å². The molecule has 0 unspecified atom stereocenters. The van der Waals surface area contributed by atoms with E-state index in [1.54, 1.807) is 0 Å². The highest BCUT2D eigenvalue weighted by Gasteiger charge is 2.33. The zero-order valence-corrected chi connectivity index (χ0v) is 12.0. The van der Waals surface area contributed by atoms with Gasteiger partial charge in [-0.1, -0.05) is 38.1 Å². The molecule has 0 saturated carbocycles. The van der Waals surface area contributed by atoms with Crippen LogP contribution in [0.1, 0.15) is 31.0 Å². The number of carbonyl (C=O) groups is 1. The first-order valence-electron chi connectivity index (χ1n) is 6.32. The fourth-order valence-electron chi connectivity index (χ4n) is 2.30. The van der Waals surface area contributed by atoms with Gasteiger partial charge in [0.15, 0.2) is 0 Å². The molecule has 3 atom stereocenters. The molecule has 1 aromatic carbocycles. The summed E-state index contributed by atoms with van der Waals surface area (Å²) in [5.74, 6) is -0.121. The molecule has 0 spiro atoms. The van der Waals surface area contributed by atoms with Crippen LogP contribution in [0.25, 0.3) is 0 Å². The monoisotopic (exact) mass is 284 g/mol. The zero-order valence-electron chi connectivity index (χ0n) is 11.2. The van der Waals surface area contributed by atoms with Crippen molar-refractivity contribution in [2.75, 3.05) is 0 Å². The minimum absolute atomic E-state index is 0. The number of nitrogens with one attached hydrogen (secondary N) is 1. The van der Waals surface area contributed by atoms with Gasteiger partial charge in [0.1, 0.15) is 0 Å². The Labute approximate surface area is 119 Å². The van der Waals surface area contributed by atoms with Crippen molar-refractivity contribution in [1.82, 2.24) is 5.32 Å². The summed E-state index contributed by atoms with van der Waals surface area (Å²) < 4.78 is 0. The first-order valence-corrected chi connectivity index (χ1v) is 6.32. The number of hydrogen-bond acceptors (Lipinski definition) is 3. The van der Waals surface area contributed by atoms with E-state index in [2.05, 4.69) is 5.32 Å². The van der Waals surface area contributed by atoms with Crippen molar-refractivity contribution < 1.29 is 9.90 Å². The Morgan fingerprint density at radius 3 is 2.68 bits per heavy atom. The molecule has 0 bridgehead atoms. The van der Waals surface area contributed by atoms with Gasteiger partial charge in [0, 0.05) is 6.42 Å². The molecule has 0 saturated heterocycles. The van der Waals surface area contributed by atoms with E-state index in [0.717, 1.165) is 11.1 Å². The minimum atomic E-state index is -0.564. The quantitative estimate of drug-likeness (QED) is 0.780. The highest BCUT2D eigenvalue weighted by Crippen LogP contribution is 2.31. The molecule has 0 radical (unpaired) electrons. The van der Waals surface area contributed by atoms with E-state index in [1.165, 1.54) is 0 Å². The van der Waals surface area contributed by atoms with Crippen LogP contribution in [0.2, 0.25) is 0 Å². The van der Waals surface area contributed by atoms with E-state index in [4.69, 9.17) is 5.73 Å². The largest absolute Gasteiger partial charge is 0.390 e. The third kappa shape index (κ3) is 3.26. The van der Waals surface area contributed by atoms with Crippen LogP contribution in [-0.4, -0.2) is 23.2 Å². The topological polar surface area (TPSA) is 75.4 Å². The Bertz CT molecular complexity index is 451. The molecule has 1 amide bonds. The van der Waals surface area contributed by atoms with Gasteiger partial charge in [0.25, 0.3) is 0 Å². The Balaban J connectivity index is 0.00000180. The van der Waals surface area contributed by atoms with E-state index < -0.39 is 12.1 Å². The third-order valence-electron chi connectivity index (χ3n) is 3.52. The molecule has 4 N–H and O–H groups in total. The molecule has 1 aliphatic carbocycles. The van der Waals surface area contributed by atoms with Gasteiger partial charge in [-0.25, -0.2) is 0 Å². The normalized spacial score (nSPS) is 22.6. The number of aliphatic hydroxyl groups is 1. The Hall–Kier alpha value is -1.10. The predicted molar refractivity (Wildman–Crippen MR) is 77.1 cm³/mol. The standard InChI is InChI=1S/C14H20N2O2.ClH/c1-8(2)12(15)14(18)16-13-10-6-4-3-5-9(10)7-11(13)17;/h3-6,8,11-13,17H,7,15H2,1-2H3,(H,16,18);1H/t11-,12+,13+;/m0./s1. The number of rotatable bonds is 3. The highest BCUT2D eigenvalue weighted by atomic mass is 35.5. The van der Waals surface area contributed by atoms with Crippen LogP contribution in [0.15, 0.2) is 24.3 Å². The number of aliphatic hydroxyl groups excluding tert-OH is 1. The van der Waals surface area contributed by atoms with Crippen LogP contribution in [0.3, 0.4) is 0 Å². The number of fused-ring (bicyclic) bond motifs is 1. The van der Waals surface area contributed by atoms with Crippen LogP contribution >= 0.6 is 12.4 Å². The third-order valence-corrected chi connectivity index (χ3v) is 3.52. The van der Waals surface area contributed by atoms with Crippen molar-refractivity contribution in [3.8, 4) is 0 Å². The molecule has 0 fully saturated rings. The fourth-order valence-corrected chi connectivity index (χ4v) is 2.30. The summed E-state index contributed by atoms with van der Waals surface area (Å²) >= 11 is 0. The average molecular weight is 285 g/mol. The molecule has 19 heavy (non-hydrogen) atoms. The minimum Gasteiger partial charge on any atom is -0.390 e. The molecule has 4 nitrogen and oxygen atoms in total. The zero-order chi connectivity index (χ0) is 13.3. The van der Waals surface area contributed by atoms with Gasteiger partial charge in [-0.05, 0) is 17.0 Å². The molecular formula is C14H21ClN2O2. The number of amides is 1. The van der Waals surface area contributed by atoms with Crippen molar-refractivity contribution >= 4 is 18.3 Å². The summed E-state index contributed by atoms with van der Waals surface area (Å²) in [5, 5.41) is 12.9. The molecule has 1 aromatic rings. The molecule has 5 heteroatoms. The molecule has 1 aliphatic rings. The van der Waals surface area contributed by atoms with Gasteiger partial charge in [-0.15, -0.1) is 12.4 Å². The van der Waals surface area contributed by atoms with Gasteiger partial charge >= 0.3 is 0 Å². The van der Waals surface area contributed by atoms with Crippen molar-refractivity contribution in [2.24, 2.45) is 11.7 Å². The Kier molecular flexibility index (Phi) is 5.35. The molecule has 106 valence electrons. The molecule has 0 heterocycles. The SMILES string of the molecule is CC(C)[C@@H](N)C(=O)N[C@@H]1c2ccccc2C[C@@H]1O.Cl. The maximum atomic E-state index is 11.9. The second-order valence-electron chi connectivity index (χ2n) is 5.23. The van der Waals surface area contributed by atoms with Gasteiger partial charge in [0.05, 0.1) is 18.2 Å². The Morgan fingerprint density at radius 2 is 2.05 bits per heavy atom. The van der Waals surface area contributed by atoms with Crippen molar-refractivity contribution in [2.45, 2.75) is 38.5 Å². The first kappa shape index (κ1) is 16.0. The van der Waals surface area contributed by atoms with Crippen LogP contribution in [-0.2, 0) is 11.2 Å². The number of carbonyl (C=O) groups excluding carboxylic acids is 1. The van der Waals surface area contributed by atoms with Crippen LogP contribution in [0, 0.1) is 5.92 Å². The lowest BCUT2D eigenvalue weighted by Gasteiger charge is -2.22. The van der Waals surface area contributed by atoms with E-state index in [0.29, 0.717) is 6.42 Å². The molecule has 0 aliphatic heterocycles. The van der Waals surface area contributed by atoms with E-state index in [9.17, 15) is 9.90 Å². The van der Waals surface area contributed by atoms with Crippen LogP contribution in [0.4, 0.5) is 0 Å². The molecule has 2 rings (SSSR count). The van der Waals surface area contributed by atoms with Gasteiger partial charge in [-0.2, -0.15) is 0 Å². The maximum Gasteiger partial charge on any atom is 0.237 e. The summed E-state index contributed by atoms with van der Waals surface area (Å²) in [6, 6.07) is 6.90. The lowest BCUT2D eigenvalue weighted by Crippen LogP contribution is -2.46.